The molecule has 0 saturated heterocycles. The number of amides is 4. The third-order valence-corrected chi connectivity index (χ3v) is 9.43. The van der Waals surface area contributed by atoms with Crippen LogP contribution in [-0.4, -0.2) is 78.3 Å². The molecule has 51 heavy (non-hydrogen) atoms. The summed E-state index contributed by atoms with van der Waals surface area (Å²) in [6, 6.07) is 7.64. The quantitative estimate of drug-likeness (QED) is 0.280. The minimum atomic E-state index is -1.07. The first-order chi connectivity index (χ1) is 24.1. The number of ketones is 2. The number of hydrogen-bond donors (Lipinski definition) is 3. The smallest absolute Gasteiger partial charge is 0.328 e. The van der Waals surface area contributed by atoms with Crippen LogP contribution in [0, 0.1) is 19.8 Å². The molecule has 0 spiro atoms. The Labute approximate surface area is 300 Å². The van der Waals surface area contributed by atoms with Crippen molar-refractivity contribution in [3.8, 4) is 11.1 Å². The first kappa shape index (κ1) is 40.6. The molecule has 2 aromatic carbocycles. The zero-order valence-corrected chi connectivity index (χ0v) is 31.0. The van der Waals surface area contributed by atoms with Crippen LogP contribution < -0.4 is 16.0 Å². The van der Waals surface area contributed by atoms with Crippen molar-refractivity contribution in [3.05, 3.63) is 58.7 Å². The van der Waals surface area contributed by atoms with Gasteiger partial charge in [-0.15, -0.1) is 0 Å². The van der Waals surface area contributed by atoms with Gasteiger partial charge in [-0.05, 0) is 66.6 Å². The summed E-state index contributed by atoms with van der Waals surface area (Å²) >= 11 is 0. The summed E-state index contributed by atoms with van der Waals surface area (Å²) in [7, 11) is 2.75. The van der Waals surface area contributed by atoms with Gasteiger partial charge in [-0.2, -0.15) is 0 Å². The van der Waals surface area contributed by atoms with E-state index >= 15 is 0 Å². The number of ether oxygens (including phenoxy) is 1. The maximum atomic E-state index is 14.1. The van der Waals surface area contributed by atoms with Crippen molar-refractivity contribution in [1.82, 2.24) is 20.9 Å². The molecule has 0 fully saturated rings. The van der Waals surface area contributed by atoms with Gasteiger partial charge in [-0.25, -0.2) is 4.79 Å². The molecule has 1 aliphatic heterocycles. The second-order valence-corrected chi connectivity index (χ2v) is 13.4. The topological polar surface area (TPSA) is 168 Å². The number of benzene rings is 2. The Kier molecular flexibility index (Phi) is 14.6. The van der Waals surface area contributed by atoms with Crippen molar-refractivity contribution in [2.45, 2.75) is 111 Å². The highest BCUT2D eigenvalue weighted by molar-refractivity contribution is 5.96. The Balaban J connectivity index is 1.90. The molecular weight excluding hydrogens is 652 g/mol. The molecule has 0 saturated carbocycles. The Morgan fingerprint density at radius 1 is 0.941 bits per heavy atom. The summed E-state index contributed by atoms with van der Waals surface area (Å²) in [6.45, 7) is 10.6. The highest BCUT2D eigenvalue weighted by Gasteiger charge is 2.33. The van der Waals surface area contributed by atoms with Crippen molar-refractivity contribution in [2.75, 3.05) is 14.2 Å². The molecule has 0 aliphatic carbocycles. The average molecular weight is 705 g/mol. The first-order valence-electron chi connectivity index (χ1n) is 17.6. The van der Waals surface area contributed by atoms with Crippen LogP contribution in [0.1, 0.15) is 94.5 Å². The van der Waals surface area contributed by atoms with E-state index in [9.17, 15) is 33.6 Å². The Hall–Kier alpha value is -4.87. The van der Waals surface area contributed by atoms with Gasteiger partial charge in [0.05, 0.1) is 13.2 Å². The fourth-order valence-electron chi connectivity index (χ4n) is 6.22. The van der Waals surface area contributed by atoms with Crippen LogP contribution in [0.2, 0.25) is 0 Å². The van der Waals surface area contributed by atoms with Gasteiger partial charge >= 0.3 is 5.97 Å². The maximum absolute atomic E-state index is 14.1. The number of methoxy groups -OCH3 is 1. The number of aryl methyl sites for hydroxylation is 2. The van der Waals surface area contributed by atoms with Gasteiger partial charge in [0, 0.05) is 45.1 Å². The van der Waals surface area contributed by atoms with Crippen LogP contribution in [-0.2, 0) is 44.7 Å². The van der Waals surface area contributed by atoms with Crippen molar-refractivity contribution < 1.29 is 38.3 Å². The summed E-state index contributed by atoms with van der Waals surface area (Å²) < 4.78 is 4.98. The van der Waals surface area contributed by atoms with E-state index in [1.807, 2.05) is 51.1 Å². The number of carbonyl (C=O) groups excluding carboxylic acids is 7. The highest BCUT2D eigenvalue weighted by Crippen LogP contribution is 2.34. The molecule has 276 valence electrons. The van der Waals surface area contributed by atoms with E-state index in [1.54, 1.807) is 19.9 Å². The molecule has 0 unspecified atom stereocenters. The number of likely N-dealkylation sites (N-methyl/N-ethyl adjacent to an activating group) is 1. The average Bonchev–Trinajstić information content (AvgIpc) is 3.10. The normalized spacial score (nSPS) is 18.7. The lowest BCUT2D eigenvalue weighted by atomic mass is 9.87. The standard InChI is InChI=1S/C39H52N4O8/c1-9-11-30(41-34(46)10-2)38(49)40-25(6)32(44)16-17-35(47)43(7)36-27-15-13-23(4)29(21-27)28-19-26(14-12-22(28)3)20-31(39(50)51-8)42-37(48)24(5)18-33(36)45/h12-15,19,21,24-25,30-31,36H,9-11,16-18,20H2,1-8H3,(H,40,49)(H,41,46)(H,42,48)/t24-,25-,30-,31+,36+/m1/s1. The number of nitrogens with zero attached hydrogens (tertiary/aromatic N) is 1. The fourth-order valence-corrected chi connectivity index (χ4v) is 6.22. The lowest BCUT2D eigenvalue weighted by Gasteiger charge is -2.30. The Morgan fingerprint density at radius 2 is 1.59 bits per heavy atom. The van der Waals surface area contributed by atoms with E-state index in [0.29, 0.717) is 18.4 Å². The van der Waals surface area contributed by atoms with Crippen molar-refractivity contribution in [1.29, 1.82) is 0 Å². The Morgan fingerprint density at radius 3 is 2.22 bits per heavy atom. The molecule has 12 heteroatoms. The van der Waals surface area contributed by atoms with E-state index in [0.717, 1.165) is 27.8 Å². The molecule has 12 nitrogen and oxygen atoms in total. The maximum Gasteiger partial charge on any atom is 0.328 e. The third-order valence-electron chi connectivity index (χ3n) is 9.43. The van der Waals surface area contributed by atoms with Gasteiger partial charge < -0.3 is 25.6 Å². The van der Waals surface area contributed by atoms with Crippen LogP contribution in [0.15, 0.2) is 36.4 Å². The molecular formula is C39H52N4O8. The molecule has 0 radical (unpaired) electrons. The predicted molar refractivity (Wildman–Crippen MR) is 192 cm³/mol. The van der Waals surface area contributed by atoms with Crippen molar-refractivity contribution in [2.24, 2.45) is 5.92 Å². The largest absolute Gasteiger partial charge is 0.467 e. The molecule has 4 amide bonds. The van der Waals surface area contributed by atoms with E-state index in [1.165, 1.54) is 26.0 Å². The van der Waals surface area contributed by atoms with E-state index in [-0.39, 0.29) is 49.6 Å². The van der Waals surface area contributed by atoms with Gasteiger partial charge in [-0.1, -0.05) is 57.5 Å². The number of carbonyl (C=O) groups is 7. The number of rotatable bonds is 12. The van der Waals surface area contributed by atoms with E-state index < -0.39 is 53.8 Å². The fraction of sp³-hybridized carbons (Fsp3) is 0.513. The van der Waals surface area contributed by atoms with Crippen LogP contribution in [0.5, 0.6) is 0 Å². The lowest BCUT2D eigenvalue weighted by Crippen LogP contribution is -2.50. The first-order valence-corrected chi connectivity index (χ1v) is 17.6. The molecule has 1 aliphatic rings. The molecule has 4 bridgehead atoms. The van der Waals surface area contributed by atoms with Crippen LogP contribution in [0.3, 0.4) is 0 Å². The summed E-state index contributed by atoms with van der Waals surface area (Å²) in [5, 5.41) is 8.08. The highest BCUT2D eigenvalue weighted by atomic mass is 16.5. The van der Waals surface area contributed by atoms with Gasteiger partial charge in [-0.3, -0.25) is 28.8 Å². The zero-order chi connectivity index (χ0) is 38.0. The second kappa shape index (κ2) is 18.4. The van der Waals surface area contributed by atoms with Gasteiger partial charge in [0.15, 0.2) is 11.6 Å². The minimum Gasteiger partial charge on any atom is -0.467 e. The number of nitrogens with one attached hydrogen (secondary N) is 3. The summed E-state index contributed by atoms with van der Waals surface area (Å²) in [6.07, 6.45) is 0.850. The van der Waals surface area contributed by atoms with Crippen LogP contribution >= 0.6 is 0 Å². The van der Waals surface area contributed by atoms with Crippen LogP contribution in [0.25, 0.3) is 11.1 Å². The third kappa shape index (κ3) is 10.6. The zero-order valence-electron chi connectivity index (χ0n) is 31.0. The number of hydrogen-bond acceptors (Lipinski definition) is 8. The van der Waals surface area contributed by atoms with Crippen LogP contribution in [0.4, 0.5) is 0 Å². The van der Waals surface area contributed by atoms with E-state index in [2.05, 4.69) is 16.0 Å². The molecule has 5 atom stereocenters. The molecule has 2 aromatic rings. The monoisotopic (exact) mass is 704 g/mol. The molecule has 0 aromatic heterocycles. The molecule has 1 heterocycles. The number of esters is 1. The van der Waals surface area contributed by atoms with Gasteiger partial charge in [0.25, 0.3) is 0 Å². The molecule has 3 N–H and O–H groups in total. The number of fused-ring (bicyclic) bond motifs is 5. The summed E-state index contributed by atoms with van der Waals surface area (Å²) in [5.74, 6) is -3.91. The van der Waals surface area contributed by atoms with Crippen molar-refractivity contribution in [3.63, 3.8) is 0 Å². The number of Topliss-reactive ketones (excluding diaryl/α,β-unsaturated/α-hetero) is 2. The van der Waals surface area contributed by atoms with Gasteiger partial charge in [0.2, 0.25) is 23.6 Å². The SMILES string of the molecule is CCC[C@@H](NC(=O)CC)C(=O)N[C@H](C)C(=O)CCC(=O)N(C)[C@@H]1C(=O)C[C@@H](C)C(=O)N[C@H](C(=O)OC)Cc2ccc(C)c(c2)-c2cc1ccc2C. The van der Waals surface area contributed by atoms with Crippen molar-refractivity contribution >= 4 is 41.2 Å². The van der Waals surface area contributed by atoms with Gasteiger partial charge in [0.1, 0.15) is 18.1 Å². The lowest BCUT2D eigenvalue weighted by molar-refractivity contribution is -0.145. The summed E-state index contributed by atoms with van der Waals surface area (Å²) in [5.41, 5.74) is 4.99. The second-order valence-electron chi connectivity index (χ2n) is 13.4. The molecule has 3 rings (SSSR count). The summed E-state index contributed by atoms with van der Waals surface area (Å²) in [4.78, 5) is 92.9. The predicted octanol–water partition coefficient (Wildman–Crippen LogP) is 3.83. The Bertz CT molecular complexity index is 1650. The van der Waals surface area contributed by atoms with E-state index in [4.69, 9.17) is 4.74 Å². The minimum absolute atomic E-state index is 0.190.